The molecule has 0 spiro atoms. The maximum absolute atomic E-state index is 4.85. The lowest BCUT2D eigenvalue weighted by molar-refractivity contribution is 1.14. The maximum Gasteiger partial charge on any atom is -0.00239 e. The Labute approximate surface area is 68.3 Å². The van der Waals surface area contributed by atoms with Crippen molar-refractivity contribution in [3.63, 3.8) is 0 Å². The molecular weight excluding hydrogens is 162 g/mol. The molecule has 0 saturated carbocycles. The van der Waals surface area contributed by atoms with Crippen LogP contribution in [0.15, 0.2) is 0 Å². The first-order chi connectivity index (χ1) is 4.72. The van der Waals surface area contributed by atoms with Gasteiger partial charge in [0, 0.05) is 0 Å². The highest BCUT2D eigenvalue weighted by atomic mass is 33.1. The van der Waals surface area contributed by atoms with Crippen LogP contribution < -0.4 is 5.73 Å². The molecule has 1 aliphatic heterocycles. The smallest absolute Gasteiger partial charge is 0.00239 e. The van der Waals surface area contributed by atoms with E-state index in [9.17, 15) is 0 Å². The van der Waals surface area contributed by atoms with Crippen LogP contribution in [0.25, 0.3) is 0 Å². The molecule has 0 aliphatic carbocycles. The zero-order valence-corrected chi connectivity index (χ0v) is 8.27. The van der Waals surface area contributed by atoms with Crippen molar-refractivity contribution in [1.82, 2.24) is 0 Å². The van der Waals surface area contributed by atoms with E-state index in [1.54, 1.807) is 0 Å². The normalized spacial score (nSPS) is 31.0. The van der Waals surface area contributed by atoms with Crippen molar-refractivity contribution >= 4 is 30.8 Å². The van der Waals surface area contributed by atoms with Crippen molar-refractivity contribution in [1.29, 1.82) is 0 Å². The second-order valence-corrected chi connectivity index (χ2v) is 7.45. The molecule has 0 amide bonds. The Hall–Kier alpha value is 0.400. The van der Waals surface area contributed by atoms with Gasteiger partial charge in [0.05, 0.1) is 0 Å². The van der Waals surface area contributed by atoms with Crippen LogP contribution >= 0.6 is 19.0 Å². The summed E-state index contributed by atoms with van der Waals surface area (Å²) < 4.78 is 0. The van der Waals surface area contributed by atoms with Crippen LogP contribution in [0.4, 0.5) is 0 Å². The molecule has 1 aliphatic rings. The molecule has 10 heavy (non-hydrogen) atoms. The van der Waals surface area contributed by atoms with Gasteiger partial charge in [0.2, 0.25) is 0 Å². The van der Waals surface area contributed by atoms with Gasteiger partial charge in [0.15, 0.2) is 0 Å². The van der Waals surface area contributed by atoms with Gasteiger partial charge in [-0.2, -0.15) is 0 Å². The summed E-state index contributed by atoms with van der Waals surface area (Å²) in [6.07, 6.45) is 1.37. The average Bonchev–Trinajstić information content (AvgIpc) is 2.19. The lowest BCUT2D eigenvalue weighted by Gasteiger charge is -1.93. The van der Waals surface area contributed by atoms with Gasteiger partial charge in [-0.05, 0) is 24.5 Å². The fraction of sp³-hybridized carbons (Fsp3) is 0.714. The van der Waals surface area contributed by atoms with Crippen molar-refractivity contribution in [3.05, 3.63) is 0 Å². The van der Waals surface area contributed by atoms with E-state index in [1.807, 2.05) is 6.92 Å². The summed E-state index contributed by atoms with van der Waals surface area (Å²) in [5, 5.41) is 0. The van der Waals surface area contributed by atoms with Crippen LogP contribution in [0.5, 0.6) is 0 Å². The van der Waals surface area contributed by atoms with Crippen LogP contribution in [0.3, 0.4) is 0 Å². The largest absolute Gasteiger partial charge is 0.331 e. The Morgan fingerprint density at radius 1 is 1.30 bits per heavy atom. The first kappa shape index (κ1) is 10.4. The lowest BCUT2D eigenvalue weighted by atomic mass is 10.6. The number of hydrogen-bond acceptors (Lipinski definition) is 1. The molecule has 62 valence electrons. The highest BCUT2D eigenvalue weighted by Crippen LogP contribution is 2.41. The van der Waals surface area contributed by atoms with E-state index in [0.29, 0.717) is 19.0 Å². The third kappa shape index (κ3) is 4.25. The van der Waals surface area contributed by atoms with Crippen molar-refractivity contribution in [2.45, 2.75) is 13.3 Å². The Balaban J connectivity index is 0.000000236. The van der Waals surface area contributed by atoms with Gasteiger partial charge in [0.1, 0.15) is 0 Å². The molecule has 1 fully saturated rings. The minimum Gasteiger partial charge on any atom is -0.331 e. The molecule has 1 rings (SSSR count). The van der Waals surface area contributed by atoms with Gasteiger partial charge >= 0.3 is 0 Å². The summed E-state index contributed by atoms with van der Waals surface area (Å²) in [4.78, 5) is 0. The molecule has 1 saturated heterocycles. The van der Waals surface area contributed by atoms with Crippen LogP contribution in [0.2, 0.25) is 0 Å². The molecule has 0 aromatic heterocycles. The fourth-order valence-electron chi connectivity index (χ4n) is 0.617. The van der Waals surface area contributed by atoms with Crippen LogP contribution in [0.1, 0.15) is 13.3 Å². The molecule has 1 heterocycles. The molecule has 2 N–H and O–H groups in total. The SMILES string of the molecule is C=S1CCCS1=C.CCN. The Kier molecular flexibility index (Phi) is 6.38. The number of rotatable bonds is 0. The fourth-order valence-corrected chi connectivity index (χ4v) is 4.32. The first-order valence-corrected chi connectivity index (χ1v) is 7.08. The second-order valence-electron chi connectivity index (χ2n) is 2.05. The molecule has 3 heteroatoms. The standard InChI is InChI=1S/C5H10S2.C2H7N/c1-6-4-3-5-7(6)2;1-2-3/h1-5H2;2-3H2,1H3. The Morgan fingerprint density at radius 3 is 1.70 bits per heavy atom. The first-order valence-electron chi connectivity index (χ1n) is 3.44. The molecule has 0 bridgehead atoms. The maximum atomic E-state index is 4.85. The number of nitrogens with two attached hydrogens (primary N) is 1. The summed E-state index contributed by atoms with van der Waals surface area (Å²) in [5.74, 6) is 10.7. The second kappa shape index (κ2) is 6.13. The quantitative estimate of drug-likeness (QED) is 0.444. The molecule has 0 aromatic rings. The van der Waals surface area contributed by atoms with Gasteiger partial charge < -0.3 is 5.73 Å². The summed E-state index contributed by atoms with van der Waals surface area (Å²) in [6.45, 7) is 2.65. The van der Waals surface area contributed by atoms with E-state index in [2.05, 4.69) is 11.7 Å². The molecule has 2 atom stereocenters. The zero-order valence-electron chi connectivity index (χ0n) is 6.64. The molecular formula is C7H17NS2. The van der Waals surface area contributed by atoms with Crippen LogP contribution in [0, 0.1) is 0 Å². The highest BCUT2D eigenvalue weighted by Gasteiger charge is 2.04. The lowest BCUT2D eigenvalue weighted by Crippen LogP contribution is -1.87. The van der Waals surface area contributed by atoms with Crippen LogP contribution in [-0.4, -0.2) is 29.8 Å². The molecule has 2 unspecified atom stereocenters. The Bertz CT molecular complexity index is 118. The number of hydrogen-bond donors (Lipinski definition) is 1. The minimum absolute atomic E-state index is 0.449. The Morgan fingerprint density at radius 2 is 1.60 bits per heavy atom. The average molecular weight is 179 g/mol. The van der Waals surface area contributed by atoms with Gasteiger partial charge in [-0.15, -0.1) is 19.0 Å². The van der Waals surface area contributed by atoms with E-state index in [0.717, 1.165) is 6.54 Å². The summed E-state index contributed by atoms with van der Waals surface area (Å²) in [7, 11) is 0.898. The zero-order chi connectivity index (χ0) is 7.98. The third-order valence-corrected chi connectivity index (χ3v) is 6.23. The van der Waals surface area contributed by atoms with Gasteiger partial charge in [-0.1, -0.05) is 18.7 Å². The third-order valence-electron chi connectivity index (χ3n) is 1.08. The molecule has 0 aromatic carbocycles. The highest BCUT2D eigenvalue weighted by molar-refractivity contribution is 8.89. The van der Waals surface area contributed by atoms with Crippen LogP contribution in [-0.2, 0) is 0 Å². The van der Waals surface area contributed by atoms with E-state index < -0.39 is 0 Å². The predicted octanol–water partition coefficient (Wildman–Crippen LogP) is 1.67. The van der Waals surface area contributed by atoms with Crippen molar-refractivity contribution in [2.24, 2.45) is 5.73 Å². The van der Waals surface area contributed by atoms with Crippen molar-refractivity contribution < 1.29 is 0 Å². The molecule has 0 radical (unpaired) electrons. The van der Waals surface area contributed by atoms with E-state index in [1.165, 1.54) is 17.9 Å². The monoisotopic (exact) mass is 179 g/mol. The van der Waals surface area contributed by atoms with E-state index >= 15 is 0 Å². The summed E-state index contributed by atoms with van der Waals surface area (Å²) in [5.41, 5.74) is 4.85. The molecule has 1 nitrogen and oxygen atoms in total. The van der Waals surface area contributed by atoms with Gasteiger partial charge in [0.25, 0.3) is 0 Å². The minimum atomic E-state index is 0.449. The predicted molar refractivity (Wildman–Crippen MR) is 58.5 cm³/mol. The van der Waals surface area contributed by atoms with E-state index in [-0.39, 0.29) is 0 Å². The van der Waals surface area contributed by atoms with Crippen molar-refractivity contribution in [3.8, 4) is 0 Å². The summed E-state index contributed by atoms with van der Waals surface area (Å²) >= 11 is 0. The van der Waals surface area contributed by atoms with Crippen molar-refractivity contribution in [2.75, 3.05) is 18.1 Å². The summed E-state index contributed by atoms with van der Waals surface area (Å²) in [6, 6.07) is 0. The van der Waals surface area contributed by atoms with Gasteiger partial charge in [-0.3, -0.25) is 0 Å². The topological polar surface area (TPSA) is 26.0 Å². The van der Waals surface area contributed by atoms with Gasteiger partial charge in [-0.25, -0.2) is 0 Å². The van der Waals surface area contributed by atoms with E-state index in [4.69, 9.17) is 5.73 Å².